The number of halogens is 1. The molecule has 1 aliphatic heterocycles. The number of ether oxygens (including phenoxy) is 1. The molecule has 7 heteroatoms. The van der Waals surface area contributed by atoms with Crippen LogP contribution < -0.4 is 9.64 Å². The summed E-state index contributed by atoms with van der Waals surface area (Å²) in [5.74, 6) is 0.769. The zero-order chi connectivity index (χ0) is 17.6. The van der Waals surface area contributed by atoms with Gasteiger partial charge in [0.2, 0.25) is 0 Å². The minimum absolute atomic E-state index is 0.167. The normalized spacial score (nSPS) is 15.2. The first-order valence-corrected chi connectivity index (χ1v) is 8.60. The first-order chi connectivity index (χ1) is 12.1. The maximum atomic E-state index is 11.2. The van der Waals surface area contributed by atoms with E-state index in [9.17, 15) is 10.1 Å². The van der Waals surface area contributed by atoms with Crippen molar-refractivity contribution in [1.29, 1.82) is 0 Å². The maximum Gasteiger partial charge on any atom is 0.292 e. The van der Waals surface area contributed by atoms with Gasteiger partial charge in [0, 0.05) is 43.8 Å². The molecule has 6 nitrogen and oxygen atoms in total. The topological polar surface area (TPSA) is 58.9 Å². The van der Waals surface area contributed by atoms with Crippen LogP contribution in [0, 0.1) is 10.1 Å². The summed E-state index contributed by atoms with van der Waals surface area (Å²) in [5, 5.41) is 11.8. The molecule has 2 aromatic carbocycles. The van der Waals surface area contributed by atoms with E-state index in [1.54, 1.807) is 18.2 Å². The Morgan fingerprint density at radius 3 is 2.56 bits per heavy atom. The van der Waals surface area contributed by atoms with Gasteiger partial charge in [0.05, 0.1) is 4.92 Å². The van der Waals surface area contributed by atoms with Crippen molar-refractivity contribution >= 4 is 23.0 Å². The molecule has 0 N–H and O–H groups in total. The van der Waals surface area contributed by atoms with E-state index in [0.29, 0.717) is 17.3 Å². The number of nitrogens with zero attached hydrogens (tertiary/aromatic N) is 3. The van der Waals surface area contributed by atoms with E-state index in [4.69, 9.17) is 16.3 Å². The number of para-hydroxylation sites is 2. The number of piperazine rings is 1. The lowest BCUT2D eigenvalue weighted by molar-refractivity contribution is -0.384. The van der Waals surface area contributed by atoms with Gasteiger partial charge in [0.25, 0.3) is 5.69 Å². The van der Waals surface area contributed by atoms with Crippen LogP contribution >= 0.6 is 11.6 Å². The molecular weight excluding hydrogens is 342 g/mol. The number of hydrogen-bond acceptors (Lipinski definition) is 5. The summed E-state index contributed by atoms with van der Waals surface area (Å²) >= 11 is 5.94. The Morgan fingerprint density at radius 1 is 1.08 bits per heavy atom. The number of nitro benzene ring substituents is 1. The predicted molar refractivity (Wildman–Crippen MR) is 98.7 cm³/mol. The second-order valence-corrected chi connectivity index (χ2v) is 6.32. The number of hydrogen-bond donors (Lipinski definition) is 0. The molecule has 2 aromatic rings. The van der Waals surface area contributed by atoms with Gasteiger partial charge in [-0.15, -0.1) is 0 Å². The highest BCUT2D eigenvalue weighted by Gasteiger charge is 2.22. The maximum absolute atomic E-state index is 11.2. The zero-order valence-corrected chi connectivity index (χ0v) is 14.6. The highest BCUT2D eigenvalue weighted by molar-refractivity contribution is 6.30. The van der Waals surface area contributed by atoms with E-state index in [1.165, 1.54) is 0 Å². The van der Waals surface area contributed by atoms with Gasteiger partial charge in [-0.25, -0.2) is 0 Å². The number of rotatable bonds is 6. The van der Waals surface area contributed by atoms with Gasteiger partial charge < -0.3 is 9.64 Å². The Kier molecular flexibility index (Phi) is 5.73. The van der Waals surface area contributed by atoms with E-state index in [-0.39, 0.29) is 10.6 Å². The summed E-state index contributed by atoms with van der Waals surface area (Å²) in [6.45, 7) is 4.64. The van der Waals surface area contributed by atoms with E-state index in [2.05, 4.69) is 9.80 Å². The van der Waals surface area contributed by atoms with E-state index >= 15 is 0 Å². The zero-order valence-electron chi connectivity index (χ0n) is 13.8. The lowest BCUT2D eigenvalue weighted by atomic mass is 10.2. The Balaban J connectivity index is 1.48. The SMILES string of the molecule is O=[N+]([O-])c1ccccc1N1CCN(CCOc2cccc(Cl)c2)CC1. The monoisotopic (exact) mass is 361 g/mol. The van der Waals surface area contributed by atoms with Gasteiger partial charge in [-0.3, -0.25) is 15.0 Å². The van der Waals surface area contributed by atoms with Crippen LogP contribution in [0.3, 0.4) is 0 Å². The van der Waals surface area contributed by atoms with Crippen molar-refractivity contribution in [2.45, 2.75) is 0 Å². The molecule has 0 atom stereocenters. The molecule has 1 heterocycles. The van der Waals surface area contributed by atoms with Crippen LogP contribution in [0.25, 0.3) is 0 Å². The quantitative estimate of drug-likeness (QED) is 0.582. The Bertz CT molecular complexity index is 733. The van der Waals surface area contributed by atoms with Gasteiger partial charge in [-0.2, -0.15) is 0 Å². The van der Waals surface area contributed by atoms with Gasteiger partial charge in [-0.1, -0.05) is 29.8 Å². The Labute approximate surface area is 151 Å². The largest absolute Gasteiger partial charge is 0.492 e. The minimum atomic E-state index is -0.319. The van der Waals surface area contributed by atoms with Crippen molar-refractivity contribution in [3.05, 3.63) is 63.7 Å². The summed E-state index contributed by atoms with van der Waals surface area (Å²) in [6, 6.07) is 14.3. The molecule has 0 aliphatic carbocycles. The average molecular weight is 362 g/mol. The highest BCUT2D eigenvalue weighted by Crippen LogP contribution is 2.28. The van der Waals surface area contributed by atoms with Crippen molar-refractivity contribution < 1.29 is 9.66 Å². The molecule has 1 saturated heterocycles. The van der Waals surface area contributed by atoms with Gasteiger partial charge in [0.15, 0.2) is 0 Å². The molecule has 0 saturated carbocycles. The van der Waals surface area contributed by atoms with Crippen LogP contribution in [-0.2, 0) is 0 Å². The van der Waals surface area contributed by atoms with E-state index in [0.717, 1.165) is 38.5 Å². The molecule has 3 rings (SSSR count). The van der Waals surface area contributed by atoms with Crippen molar-refractivity contribution in [3.63, 3.8) is 0 Å². The second-order valence-electron chi connectivity index (χ2n) is 5.88. The van der Waals surface area contributed by atoms with Crippen LogP contribution in [0.15, 0.2) is 48.5 Å². The molecule has 0 spiro atoms. The van der Waals surface area contributed by atoms with E-state index < -0.39 is 0 Å². The van der Waals surface area contributed by atoms with Crippen molar-refractivity contribution in [2.24, 2.45) is 0 Å². The van der Waals surface area contributed by atoms with E-state index in [1.807, 2.05) is 30.3 Å². The summed E-state index contributed by atoms with van der Waals surface area (Å²) in [6.07, 6.45) is 0. The van der Waals surface area contributed by atoms with Gasteiger partial charge >= 0.3 is 0 Å². The molecule has 0 bridgehead atoms. The molecule has 0 aromatic heterocycles. The fourth-order valence-electron chi connectivity index (χ4n) is 2.95. The summed E-state index contributed by atoms with van der Waals surface area (Å²) < 4.78 is 5.72. The average Bonchev–Trinajstić information content (AvgIpc) is 2.62. The number of benzene rings is 2. The minimum Gasteiger partial charge on any atom is -0.492 e. The third-order valence-corrected chi connectivity index (χ3v) is 4.50. The first-order valence-electron chi connectivity index (χ1n) is 8.22. The van der Waals surface area contributed by atoms with Crippen molar-refractivity contribution in [3.8, 4) is 5.75 Å². The van der Waals surface area contributed by atoms with Crippen LogP contribution in [-0.4, -0.2) is 49.2 Å². The molecular formula is C18H20ClN3O3. The van der Waals surface area contributed by atoms with Crippen LogP contribution in [0.2, 0.25) is 5.02 Å². The molecule has 0 amide bonds. The summed E-state index contributed by atoms with van der Waals surface area (Å²) in [5.41, 5.74) is 0.863. The summed E-state index contributed by atoms with van der Waals surface area (Å²) in [4.78, 5) is 15.2. The van der Waals surface area contributed by atoms with Crippen LogP contribution in [0.5, 0.6) is 5.75 Å². The molecule has 0 radical (unpaired) electrons. The molecule has 0 unspecified atom stereocenters. The predicted octanol–water partition coefficient (Wildman–Crippen LogP) is 3.45. The summed E-state index contributed by atoms with van der Waals surface area (Å²) in [7, 11) is 0. The second kappa shape index (κ2) is 8.18. The molecule has 132 valence electrons. The fraction of sp³-hybridized carbons (Fsp3) is 0.333. The highest BCUT2D eigenvalue weighted by atomic mass is 35.5. The Hall–Kier alpha value is -2.31. The fourth-order valence-corrected chi connectivity index (χ4v) is 3.13. The Morgan fingerprint density at radius 2 is 1.84 bits per heavy atom. The molecule has 1 fully saturated rings. The molecule has 25 heavy (non-hydrogen) atoms. The van der Waals surface area contributed by atoms with Crippen molar-refractivity contribution in [1.82, 2.24) is 4.90 Å². The van der Waals surface area contributed by atoms with Crippen LogP contribution in [0.1, 0.15) is 0 Å². The van der Waals surface area contributed by atoms with Crippen LogP contribution in [0.4, 0.5) is 11.4 Å². The first kappa shape index (κ1) is 17.5. The van der Waals surface area contributed by atoms with Crippen molar-refractivity contribution in [2.75, 3.05) is 44.2 Å². The van der Waals surface area contributed by atoms with Gasteiger partial charge in [0.1, 0.15) is 18.0 Å². The number of nitro groups is 1. The smallest absolute Gasteiger partial charge is 0.292 e. The lowest BCUT2D eigenvalue weighted by Gasteiger charge is -2.35. The van der Waals surface area contributed by atoms with Gasteiger partial charge in [-0.05, 0) is 24.3 Å². The standard InChI is InChI=1S/C18H20ClN3O3/c19-15-4-3-5-16(14-15)25-13-12-20-8-10-21(11-9-20)17-6-1-2-7-18(17)22(23)24/h1-7,14H,8-13H2. The lowest BCUT2D eigenvalue weighted by Crippen LogP contribution is -2.47. The molecule has 1 aliphatic rings. The third kappa shape index (κ3) is 4.61. The number of anilines is 1. The third-order valence-electron chi connectivity index (χ3n) is 4.26.